The number of nitrogens with zero attached hydrogens (tertiary/aromatic N) is 1. The Morgan fingerprint density at radius 2 is 1.69 bits per heavy atom. The minimum atomic E-state index is -0.0345. The number of hydrogen-bond donors (Lipinski definition) is 2. The van der Waals surface area contributed by atoms with Crippen molar-refractivity contribution in [1.29, 1.82) is 0 Å². The van der Waals surface area contributed by atoms with Crippen molar-refractivity contribution in [3.63, 3.8) is 0 Å². The molecule has 2 N–H and O–H groups in total. The van der Waals surface area contributed by atoms with E-state index in [1.54, 1.807) is 24.5 Å². The molecule has 0 bridgehead atoms. The number of ketones is 1. The van der Waals surface area contributed by atoms with Crippen LogP contribution in [0.4, 0.5) is 0 Å². The van der Waals surface area contributed by atoms with E-state index in [2.05, 4.69) is 52.2 Å². The number of H-pyrrole nitrogens is 2. The van der Waals surface area contributed by atoms with Gasteiger partial charge in [0.2, 0.25) is 5.78 Å². The van der Waals surface area contributed by atoms with E-state index in [9.17, 15) is 4.79 Å². The van der Waals surface area contributed by atoms with Crippen LogP contribution in [-0.4, -0.2) is 20.7 Å². The summed E-state index contributed by atoms with van der Waals surface area (Å²) in [4.78, 5) is 23.3. The van der Waals surface area contributed by atoms with Gasteiger partial charge in [-0.25, -0.2) is 0 Å². The van der Waals surface area contributed by atoms with Crippen LogP contribution in [0.3, 0.4) is 0 Å². The molecule has 3 aromatic heterocycles. The maximum atomic E-state index is 12.7. The molecule has 0 aliphatic rings. The first-order chi connectivity index (χ1) is 12.7. The molecule has 1 aromatic carbocycles. The van der Waals surface area contributed by atoms with Crippen LogP contribution in [0.5, 0.6) is 0 Å². The molecule has 0 aliphatic carbocycles. The monoisotopic (exact) mass is 341 g/mol. The van der Waals surface area contributed by atoms with Crippen molar-refractivity contribution in [1.82, 2.24) is 15.0 Å². The zero-order valence-corrected chi connectivity index (χ0v) is 14.4. The average Bonchev–Trinajstić information content (AvgIpc) is 3.37. The van der Waals surface area contributed by atoms with Gasteiger partial charge in [0, 0.05) is 35.5 Å². The minimum Gasteiger partial charge on any atom is -0.364 e. The lowest BCUT2D eigenvalue weighted by atomic mass is 9.92. The highest BCUT2D eigenvalue weighted by atomic mass is 16.1. The summed E-state index contributed by atoms with van der Waals surface area (Å²) in [5, 5.41) is 0. The largest absolute Gasteiger partial charge is 0.364 e. The fraction of sp³-hybridized carbons (Fsp3) is 0.0909. The van der Waals surface area contributed by atoms with E-state index in [1.165, 1.54) is 11.1 Å². The van der Waals surface area contributed by atoms with Gasteiger partial charge >= 0.3 is 0 Å². The summed E-state index contributed by atoms with van der Waals surface area (Å²) >= 11 is 0. The molecule has 1 atom stereocenters. The second-order valence-corrected chi connectivity index (χ2v) is 6.36. The van der Waals surface area contributed by atoms with Gasteiger partial charge in [-0.05, 0) is 48.9 Å². The van der Waals surface area contributed by atoms with Crippen LogP contribution in [0.15, 0.2) is 79.3 Å². The maximum Gasteiger partial charge on any atom is 0.209 e. The third-order valence-corrected chi connectivity index (χ3v) is 4.55. The number of aromatic amines is 2. The predicted octanol–water partition coefficient (Wildman–Crippen LogP) is 4.46. The van der Waals surface area contributed by atoms with E-state index in [-0.39, 0.29) is 11.7 Å². The van der Waals surface area contributed by atoms with E-state index in [0.717, 1.165) is 11.4 Å². The molecule has 0 saturated heterocycles. The van der Waals surface area contributed by atoms with Gasteiger partial charge in [0.15, 0.2) is 0 Å². The maximum absolute atomic E-state index is 12.7. The highest BCUT2D eigenvalue weighted by Gasteiger charge is 2.21. The Kier molecular flexibility index (Phi) is 4.23. The first-order valence-electron chi connectivity index (χ1n) is 8.56. The Labute approximate surface area is 151 Å². The number of benzene rings is 1. The number of aromatic nitrogens is 3. The van der Waals surface area contributed by atoms with Crippen LogP contribution >= 0.6 is 0 Å². The lowest BCUT2D eigenvalue weighted by molar-refractivity contribution is 0.103. The van der Waals surface area contributed by atoms with Crippen molar-refractivity contribution >= 4 is 5.78 Å². The summed E-state index contributed by atoms with van der Waals surface area (Å²) in [6.45, 7) is 2.08. The first-order valence-corrected chi connectivity index (χ1v) is 8.56. The molecule has 4 rings (SSSR count). The standard InChI is InChI=1S/C22H19N3O/c1-15-4-6-16(7-5-15)21(18-3-2-12-24-18)19-8-9-20(25-19)22(26)17-10-13-23-14-11-17/h2-14,21,24-25H,1H3. The summed E-state index contributed by atoms with van der Waals surface area (Å²) in [5.41, 5.74) is 5.66. The van der Waals surface area contributed by atoms with E-state index in [1.807, 2.05) is 24.4 Å². The fourth-order valence-corrected chi connectivity index (χ4v) is 3.18. The molecule has 4 nitrogen and oxygen atoms in total. The molecule has 0 spiro atoms. The molecular weight excluding hydrogens is 322 g/mol. The molecule has 0 saturated carbocycles. The van der Waals surface area contributed by atoms with Crippen LogP contribution in [-0.2, 0) is 0 Å². The first kappa shape index (κ1) is 16.1. The number of hydrogen-bond acceptors (Lipinski definition) is 2. The predicted molar refractivity (Wildman–Crippen MR) is 101 cm³/mol. The van der Waals surface area contributed by atoms with Gasteiger partial charge in [-0.1, -0.05) is 29.8 Å². The van der Waals surface area contributed by atoms with Gasteiger partial charge in [-0.2, -0.15) is 0 Å². The quantitative estimate of drug-likeness (QED) is 0.527. The zero-order valence-electron chi connectivity index (χ0n) is 14.4. The average molecular weight is 341 g/mol. The highest BCUT2D eigenvalue weighted by Crippen LogP contribution is 2.30. The Morgan fingerprint density at radius 1 is 0.923 bits per heavy atom. The van der Waals surface area contributed by atoms with E-state index >= 15 is 0 Å². The number of carbonyl (C=O) groups is 1. The van der Waals surface area contributed by atoms with Crippen LogP contribution in [0.25, 0.3) is 0 Å². The molecular formula is C22H19N3O. The topological polar surface area (TPSA) is 61.5 Å². The Balaban J connectivity index is 1.72. The number of nitrogens with one attached hydrogen (secondary N) is 2. The number of carbonyl (C=O) groups excluding carboxylic acids is 1. The van der Waals surface area contributed by atoms with Crippen molar-refractivity contribution < 1.29 is 4.79 Å². The normalized spacial score (nSPS) is 12.0. The molecule has 4 aromatic rings. The molecule has 0 amide bonds. The Morgan fingerprint density at radius 3 is 2.38 bits per heavy atom. The fourth-order valence-electron chi connectivity index (χ4n) is 3.18. The molecule has 26 heavy (non-hydrogen) atoms. The number of pyridine rings is 1. The van der Waals surface area contributed by atoms with Crippen molar-refractivity contribution in [2.24, 2.45) is 0 Å². The molecule has 3 heterocycles. The lowest BCUT2D eigenvalue weighted by Crippen LogP contribution is -2.06. The lowest BCUT2D eigenvalue weighted by Gasteiger charge is -2.15. The summed E-state index contributed by atoms with van der Waals surface area (Å²) in [5.74, 6) is -0.0163. The van der Waals surface area contributed by atoms with Gasteiger partial charge in [0.25, 0.3) is 0 Å². The van der Waals surface area contributed by atoms with E-state index in [0.29, 0.717) is 11.3 Å². The van der Waals surface area contributed by atoms with Gasteiger partial charge in [-0.15, -0.1) is 0 Å². The smallest absolute Gasteiger partial charge is 0.209 e. The van der Waals surface area contributed by atoms with Crippen molar-refractivity contribution in [3.8, 4) is 0 Å². The van der Waals surface area contributed by atoms with Gasteiger partial charge in [0.1, 0.15) is 0 Å². The molecule has 0 aliphatic heterocycles. The van der Waals surface area contributed by atoms with Gasteiger partial charge in [-0.3, -0.25) is 9.78 Å². The molecule has 1 unspecified atom stereocenters. The zero-order chi connectivity index (χ0) is 17.9. The van der Waals surface area contributed by atoms with E-state index < -0.39 is 0 Å². The minimum absolute atomic E-state index is 0.0181. The van der Waals surface area contributed by atoms with Crippen molar-refractivity contribution in [2.75, 3.05) is 0 Å². The molecule has 0 fully saturated rings. The summed E-state index contributed by atoms with van der Waals surface area (Å²) in [6.07, 6.45) is 5.18. The molecule has 0 radical (unpaired) electrons. The number of rotatable bonds is 5. The molecule has 4 heteroatoms. The van der Waals surface area contributed by atoms with Crippen LogP contribution in [0.1, 0.15) is 44.5 Å². The third kappa shape index (κ3) is 3.09. The summed E-state index contributed by atoms with van der Waals surface area (Å²) < 4.78 is 0. The van der Waals surface area contributed by atoms with E-state index in [4.69, 9.17) is 0 Å². The van der Waals surface area contributed by atoms with Crippen molar-refractivity contribution in [3.05, 3.63) is 113 Å². The third-order valence-electron chi connectivity index (χ3n) is 4.55. The van der Waals surface area contributed by atoms with Crippen LogP contribution in [0.2, 0.25) is 0 Å². The van der Waals surface area contributed by atoms with Gasteiger partial charge in [0.05, 0.1) is 11.6 Å². The highest BCUT2D eigenvalue weighted by molar-refractivity contribution is 6.07. The Bertz CT molecular complexity index is 999. The Hall–Kier alpha value is -3.40. The number of aryl methyl sites for hydroxylation is 1. The van der Waals surface area contributed by atoms with Crippen LogP contribution in [0, 0.1) is 6.92 Å². The molecule has 128 valence electrons. The van der Waals surface area contributed by atoms with Crippen molar-refractivity contribution in [2.45, 2.75) is 12.8 Å². The summed E-state index contributed by atoms with van der Waals surface area (Å²) in [6, 6.07) is 19.8. The SMILES string of the molecule is Cc1ccc(C(c2ccc[nH]2)c2ccc(C(=O)c3ccncc3)[nH]2)cc1. The second-order valence-electron chi connectivity index (χ2n) is 6.36. The van der Waals surface area contributed by atoms with Gasteiger partial charge < -0.3 is 9.97 Å². The second kappa shape index (κ2) is 6.84. The van der Waals surface area contributed by atoms with Crippen LogP contribution < -0.4 is 0 Å². The summed E-state index contributed by atoms with van der Waals surface area (Å²) in [7, 11) is 0.